The van der Waals surface area contributed by atoms with Gasteiger partial charge in [0.2, 0.25) is 0 Å². The highest BCUT2D eigenvalue weighted by Gasteiger charge is 2.17. The van der Waals surface area contributed by atoms with Crippen molar-refractivity contribution in [2.75, 3.05) is 0 Å². The van der Waals surface area contributed by atoms with Crippen LogP contribution >= 0.6 is 0 Å². The first-order chi connectivity index (χ1) is 10.1. The molecule has 0 bridgehead atoms. The van der Waals surface area contributed by atoms with Crippen molar-refractivity contribution in [3.8, 4) is 0 Å². The molecular formula is C16H15F2NO2. The van der Waals surface area contributed by atoms with Crippen LogP contribution in [-0.4, -0.2) is 17.1 Å². The molecule has 2 N–H and O–H groups in total. The van der Waals surface area contributed by atoms with Gasteiger partial charge in [0.1, 0.15) is 6.04 Å². The average Bonchev–Trinajstić information content (AvgIpc) is 2.47. The Morgan fingerprint density at radius 1 is 1.05 bits per heavy atom. The van der Waals surface area contributed by atoms with Crippen molar-refractivity contribution < 1.29 is 18.7 Å². The third-order valence-electron chi connectivity index (χ3n) is 3.12. The molecule has 0 fully saturated rings. The van der Waals surface area contributed by atoms with Gasteiger partial charge in [-0.05, 0) is 29.7 Å². The maximum atomic E-state index is 13.1. The Hall–Kier alpha value is -2.27. The number of carboxylic acid groups (broad SMARTS) is 1. The molecular weight excluding hydrogens is 276 g/mol. The monoisotopic (exact) mass is 291 g/mol. The predicted molar refractivity (Wildman–Crippen MR) is 74.8 cm³/mol. The number of benzene rings is 2. The van der Waals surface area contributed by atoms with Crippen molar-refractivity contribution in [2.24, 2.45) is 0 Å². The van der Waals surface area contributed by atoms with Crippen LogP contribution in [0.3, 0.4) is 0 Å². The summed E-state index contributed by atoms with van der Waals surface area (Å²) in [7, 11) is 0. The average molecular weight is 291 g/mol. The van der Waals surface area contributed by atoms with Crippen molar-refractivity contribution >= 4 is 5.97 Å². The summed E-state index contributed by atoms with van der Waals surface area (Å²) in [5, 5.41) is 12.1. The first kappa shape index (κ1) is 15.1. The SMILES string of the molecule is O=C(O)C(Cc1ccccc1)NCc1ccc(F)c(F)c1. The lowest BCUT2D eigenvalue weighted by Gasteiger charge is -2.14. The number of aliphatic carboxylic acids is 1. The lowest BCUT2D eigenvalue weighted by atomic mass is 10.1. The van der Waals surface area contributed by atoms with E-state index in [1.807, 2.05) is 30.3 Å². The molecule has 1 atom stereocenters. The zero-order valence-corrected chi connectivity index (χ0v) is 11.2. The fourth-order valence-electron chi connectivity index (χ4n) is 1.99. The van der Waals surface area contributed by atoms with Crippen molar-refractivity contribution in [3.63, 3.8) is 0 Å². The second-order valence-corrected chi connectivity index (χ2v) is 4.71. The number of rotatable bonds is 6. The smallest absolute Gasteiger partial charge is 0.321 e. The molecule has 0 aliphatic rings. The van der Waals surface area contributed by atoms with E-state index in [4.69, 9.17) is 0 Å². The van der Waals surface area contributed by atoms with E-state index in [9.17, 15) is 18.7 Å². The molecule has 21 heavy (non-hydrogen) atoms. The van der Waals surface area contributed by atoms with Crippen LogP contribution in [0.5, 0.6) is 0 Å². The van der Waals surface area contributed by atoms with Crippen LogP contribution < -0.4 is 5.32 Å². The maximum absolute atomic E-state index is 13.1. The summed E-state index contributed by atoms with van der Waals surface area (Å²) in [4.78, 5) is 11.2. The standard InChI is InChI=1S/C16H15F2NO2/c17-13-7-6-12(8-14(13)18)10-19-15(16(20)21)9-11-4-2-1-3-5-11/h1-8,15,19H,9-10H2,(H,20,21). The zero-order valence-electron chi connectivity index (χ0n) is 11.2. The number of hydrogen-bond donors (Lipinski definition) is 2. The van der Waals surface area contributed by atoms with E-state index >= 15 is 0 Å². The molecule has 1 unspecified atom stereocenters. The summed E-state index contributed by atoms with van der Waals surface area (Å²) >= 11 is 0. The third-order valence-corrected chi connectivity index (χ3v) is 3.12. The molecule has 110 valence electrons. The minimum atomic E-state index is -0.985. The summed E-state index contributed by atoms with van der Waals surface area (Å²) in [6, 6.07) is 11.9. The summed E-state index contributed by atoms with van der Waals surface area (Å²) < 4.78 is 25.9. The van der Waals surface area contributed by atoms with Crippen LogP contribution in [0.1, 0.15) is 11.1 Å². The molecule has 0 aliphatic carbocycles. The maximum Gasteiger partial charge on any atom is 0.321 e. The molecule has 0 radical (unpaired) electrons. The summed E-state index contributed by atoms with van der Waals surface area (Å²) in [5.41, 5.74) is 1.39. The molecule has 0 heterocycles. The van der Waals surface area contributed by atoms with Gasteiger partial charge in [-0.3, -0.25) is 4.79 Å². The van der Waals surface area contributed by atoms with E-state index < -0.39 is 23.6 Å². The number of hydrogen-bond acceptors (Lipinski definition) is 2. The van der Waals surface area contributed by atoms with Gasteiger partial charge in [-0.15, -0.1) is 0 Å². The summed E-state index contributed by atoms with van der Waals surface area (Å²) in [5.74, 6) is -2.84. The minimum Gasteiger partial charge on any atom is -0.480 e. The van der Waals surface area contributed by atoms with E-state index in [1.54, 1.807) is 0 Å². The van der Waals surface area contributed by atoms with Gasteiger partial charge in [0.15, 0.2) is 11.6 Å². The lowest BCUT2D eigenvalue weighted by Crippen LogP contribution is -2.38. The van der Waals surface area contributed by atoms with Crippen molar-refractivity contribution in [1.29, 1.82) is 0 Å². The highest BCUT2D eigenvalue weighted by atomic mass is 19.2. The fraction of sp³-hybridized carbons (Fsp3) is 0.188. The summed E-state index contributed by atoms with van der Waals surface area (Å²) in [6.45, 7) is 0.154. The van der Waals surface area contributed by atoms with E-state index in [-0.39, 0.29) is 6.54 Å². The molecule has 0 aromatic heterocycles. The van der Waals surface area contributed by atoms with Crippen LogP contribution in [-0.2, 0) is 17.8 Å². The zero-order chi connectivity index (χ0) is 15.2. The fourth-order valence-corrected chi connectivity index (χ4v) is 1.99. The van der Waals surface area contributed by atoms with Gasteiger partial charge in [0.05, 0.1) is 0 Å². The number of carboxylic acids is 1. The minimum absolute atomic E-state index is 0.154. The highest BCUT2D eigenvalue weighted by Crippen LogP contribution is 2.09. The van der Waals surface area contributed by atoms with Gasteiger partial charge >= 0.3 is 5.97 Å². The number of nitrogens with one attached hydrogen (secondary N) is 1. The van der Waals surface area contributed by atoms with Crippen LogP contribution in [0.2, 0.25) is 0 Å². The molecule has 2 rings (SSSR count). The molecule has 3 nitrogen and oxygen atoms in total. The summed E-state index contributed by atoms with van der Waals surface area (Å²) in [6.07, 6.45) is 0.319. The highest BCUT2D eigenvalue weighted by molar-refractivity contribution is 5.73. The molecule has 5 heteroatoms. The topological polar surface area (TPSA) is 49.3 Å². The quantitative estimate of drug-likeness (QED) is 0.860. The van der Waals surface area contributed by atoms with Crippen LogP contribution in [0.4, 0.5) is 8.78 Å². The Morgan fingerprint density at radius 3 is 2.38 bits per heavy atom. The van der Waals surface area contributed by atoms with Gasteiger partial charge < -0.3 is 10.4 Å². The van der Waals surface area contributed by atoms with Crippen molar-refractivity contribution in [2.45, 2.75) is 19.0 Å². The molecule has 0 aliphatic heterocycles. The van der Waals surface area contributed by atoms with Crippen LogP contribution in [0.15, 0.2) is 48.5 Å². The number of halogens is 2. The van der Waals surface area contributed by atoms with Crippen LogP contribution in [0, 0.1) is 11.6 Å². The molecule has 0 amide bonds. The van der Waals surface area contributed by atoms with Gasteiger partial charge in [-0.1, -0.05) is 36.4 Å². The molecule has 0 saturated carbocycles. The van der Waals surface area contributed by atoms with E-state index in [1.165, 1.54) is 6.07 Å². The lowest BCUT2D eigenvalue weighted by molar-refractivity contribution is -0.139. The van der Waals surface area contributed by atoms with Crippen LogP contribution in [0.25, 0.3) is 0 Å². The Kier molecular flexibility index (Phi) is 5.00. The normalized spacial score (nSPS) is 12.1. The van der Waals surface area contributed by atoms with E-state index in [2.05, 4.69) is 5.32 Å². The molecule has 2 aromatic carbocycles. The predicted octanol–water partition coefficient (Wildman–Crippen LogP) is 2.75. The van der Waals surface area contributed by atoms with E-state index in [0.717, 1.165) is 17.7 Å². The van der Waals surface area contributed by atoms with Crippen molar-refractivity contribution in [1.82, 2.24) is 5.32 Å². The second kappa shape index (κ2) is 6.95. The Morgan fingerprint density at radius 2 is 1.76 bits per heavy atom. The van der Waals surface area contributed by atoms with Gasteiger partial charge in [0, 0.05) is 6.54 Å². The van der Waals surface area contributed by atoms with Gasteiger partial charge in [-0.25, -0.2) is 8.78 Å². The molecule has 0 spiro atoms. The number of carbonyl (C=O) groups is 1. The molecule has 2 aromatic rings. The largest absolute Gasteiger partial charge is 0.480 e. The van der Waals surface area contributed by atoms with Gasteiger partial charge in [-0.2, -0.15) is 0 Å². The van der Waals surface area contributed by atoms with E-state index in [0.29, 0.717) is 12.0 Å². The first-order valence-electron chi connectivity index (χ1n) is 6.50. The first-order valence-corrected chi connectivity index (χ1v) is 6.50. The second-order valence-electron chi connectivity index (χ2n) is 4.71. The van der Waals surface area contributed by atoms with Crippen molar-refractivity contribution in [3.05, 3.63) is 71.3 Å². The van der Waals surface area contributed by atoms with Gasteiger partial charge in [0.25, 0.3) is 0 Å². The Labute approximate surface area is 121 Å². The Balaban J connectivity index is 2.00. The molecule has 0 saturated heterocycles. The third kappa shape index (κ3) is 4.36. The Bertz CT molecular complexity index is 617.